The van der Waals surface area contributed by atoms with Gasteiger partial charge >= 0.3 is 0 Å². The topological polar surface area (TPSA) is 30.7 Å². The second-order valence-corrected chi connectivity index (χ2v) is 5.84. The molecule has 0 aliphatic rings. The summed E-state index contributed by atoms with van der Waals surface area (Å²) in [6.07, 6.45) is 0.816. The highest BCUT2D eigenvalue weighted by molar-refractivity contribution is 7.98. The van der Waals surface area contributed by atoms with Crippen LogP contribution in [0.2, 0.25) is 0 Å². The summed E-state index contributed by atoms with van der Waals surface area (Å²) in [6, 6.07) is 20.8. The molecule has 3 nitrogen and oxygen atoms in total. The molecular weight excluding hydrogens is 278 g/mol. The standard InChI is InChI=1S/C17H17N3S/c1-20-16(12-14-8-4-2-5-9-14)18-19-17(20)21-13-15-10-6-3-7-11-15/h2-11H,12-13H2,1H3. The van der Waals surface area contributed by atoms with Crippen LogP contribution in [0.25, 0.3) is 0 Å². The summed E-state index contributed by atoms with van der Waals surface area (Å²) in [5.41, 5.74) is 2.56. The lowest BCUT2D eigenvalue weighted by Crippen LogP contribution is -2.00. The van der Waals surface area contributed by atoms with Crippen molar-refractivity contribution in [2.24, 2.45) is 7.05 Å². The second kappa shape index (κ2) is 6.59. The first-order valence-corrected chi connectivity index (χ1v) is 7.90. The number of nitrogens with zero attached hydrogens (tertiary/aromatic N) is 3. The molecule has 21 heavy (non-hydrogen) atoms. The molecule has 0 fully saturated rings. The molecular formula is C17H17N3S. The van der Waals surface area contributed by atoms with Crippen molar-refractivity contribution in [3.63, 3.8) is 0 Å². The molecule has 0 saturated carbocycles. The van der Waals surface area contributed by atoms with Crippen molar-refractivity contribution in [2.75, 3.05) is 0 Å². The van der Waals surface area contributed by atoms with E-state index in [1.807, 2.05) is 19.2 Å². The van der Waals surface area contributed by atoms with Gasteiger partial charge in [0.05, 0.1) is 0 Å². The Morgan fingerprint density at radius 1 is 0.857 bits per heavy atom. The molecule has 0 spiro atoms. The molecule has 4 heteroatoms. The Morgan fingerprint density at radius 2 is 1.48 bits per heavy atom. The maximum atomic E-state index is 4.32. The van der Waals surface area contributed by atoms with Gasteiger partial charge in [0.15, 0.2) is 5.16 Å². The first-order chi connectivity index (χ1) is 10.3. The fourth-order valence-corrected chi connectivity index (χ4v) is 3.01. The zero-order valence-corrected chi connectivity index (χ0v) is 12.8. The maximum Gasteiger partial charge on any atom is 0.191 e. The van der Waals surface area contributed by atoms with Crippen molar-refractivity contribution in [3.05, 3.63) is 77.6 Å². The van der Waals surface area contributed by atoms with Gasteiger partial charge < -0.3 is 4.57 Å². The van der Waals surface area contributed by atoms with Gasteiger partial charge in [-0.15, -0.1) is 10.2 Å². The Hall–Kier alpha value is -2.07. The van der Waals surface area contributed by atoms with Gasteiger partial charge in [0.2, 0.25) is 0 Å². The maximum absolute atomic E-state index is 4.32. The third kappa shape index (κ3) is 3.52. The summed E-state index contributed by atoms with van der Waals surface area (Å²) < 4.78 is 2.08. The monoisotopic (exact) mass is 295 g/mol. The van der Waals surface area contributed by atoms with Crippen molar-refractivity contribution >= 4 is 11.8 Å². The molecule has 0 aliphatic heterocycles. The van der Waals surface area contributed by atoms with Crippen LogP contribution in [-0.4, -0.2) is 14.8 Å². The summed E-state index contributed by atoms with van der Waals surface area (Å²) in [5.74, 6) is 1.91. The van der Waals surface area contributed by atoms with E-state index in [1.54, 1.807) is 11.8 Å². The molecule has 0 amide bonds. The van der Waals surface area contributed by atoms with Gasteiger partial charge in [-0.1, -0.05) is 72.4 Å². The predicted octanol–water partition coefficient (Wildman–Crippen LogP) is 3.70. The zero-order valence-electron chi connectivity index (χ0n) is 11.9. The molecule has 1 heterocycles. The van der Waals surface area contributed by atoms with Gasteiger partial charge in [0, 0.05) is 19.2 Å². The summed E-state index contributed by atoms with van der Waals surface area (Å²) in [6.45, 7) is 0. The molecule has 0 saturated heterocycles. The van der Waals surface area contributed by atoms with E-state index < -0.39 is 0 Å². The summed E-state index contributed by atoms with van der Waals surface area (Å²) >= 11 is 1.72. The first-order valence-electron chi connectivity index (χ1n) is 6.92. The van der Waals surface area contributed by atoms with E-state index in [2.05, 4.69) is 63.3 Å². The van der Waals surface area contributed by atoms with Gasteiger partial charge in [-0.25, -0.2) is 0 Å². The van der Waals surface area contributed by atoms with Crippen molar-refractivity contribution in [2.45, 2.75) is 17.3 Å². The molecule has 0 N–H and O–H groups in total. The molecule has 106 valence electrons. The van der Waals surface area contributed by atoms with Crippen LogP contribution in [0.5, 0.6) is 0 Å². The van der Waals surface area contributed by atoms with Crippen LogP contribution in [0.4, 0.5) is 0 Å². The largest absolute Gasteiger partial charge is 0.309 e. The van der Waals surface area contributed by atoms with E-state index in [1.165, 1.54) is 11.1 Å². The van der Waals surface area contributed by atoms with Crippen LogP contribution in [-0.2, 0) is 19.2 Å². The quantitative estimate of drug-likeness (QED) is 0.672. The smallest absolute Gasteiger partial charge is 0.191 e. The van der Waals surface area contributed by atoms with Crippen LogP contribution in [0, 0.1) is 0 Å². The number of hydrogen-bond donors (Lipinski definition) is 0. The molecule has 0 bridgehead atoms. The lowest BCUT2D eigenvalue weighted by atomic mass is 10.1. The Labute approximate surface area is 129 Å². The number of hydrogen-bond acceptors (Lipinski definition) is 3. The third-order valence-electron chi connectivity index (χ3n) is 3.34. The van der Waals surface area contributed by atoms with E-state index in [-0.39, 0.29) is 0 Å². The molecule has 0 aliphatic carbocycles. The van der Waals surface area contributed by atoms with Crippen LogP contribution >= 0.6 is 11.8 Å². The molecule has 0 atom stereocenters. The zero-order chi connectivity index (χ0) is 14.5. The van der Waals surface area contributed by atoms with Crippen molar-refractivity contribution < 1.29 is 0 Å². The summed E-state index contributed by atoms with van der Waals surface area (Å²) in [5, 5.41) is 9.58. The van der Waals surface area contributed by atoms with Gasteiger partial charge in [0.25, 0.3) is 0 Å². The van der Waals surface area contributed by atoms with Crippen LogP contribution in [0.1, 0.15) is 17.0 Å². The fourth-order valence-electron chi connectivity index (χ4n) is 2.13. The molecule has 3 rings (SSSR count). The van der Waals surface area contributed by atoms with E-state index in [4.69, 9.17) is 0 Å². The average molecular weight is 295 g/mol. The van der Waals surface area contributed by atoms with Gasteiger partial charge in [-0.2, -0.15) is 0 Å². The van der Waals surface area contributed by atoms with Gasteiger partial charge in [-0.3, -0.25) is 0 Å². The third-order valence-corrected chi connectivity index (χ3v) is 4.43. The van der Waals surface area contributed by atoms with Gasteiger partial charge in [-0.05, 0) is 11.1 Å². The minimum absolute atomic E-state index is 0.816. The van der Waals surface area contributed by atoms with Crippen molar-refractivity contribution in [1.82, 2.24) is 14.8 Å². The normalized spacial score (nSPS) is 10.7. The SMILES string of the molecule is Cn1c(Cc2ccccc2)nnc1SCc1ccccc1. The van der Waals surface area contributed by atoms with Crippen molar-refractivity contribution in [1.29, 1.82) is 0 Å². The van der Waals surface area contributed by atoms with Crippen molar-refractivity contribution in [3.8, 4) is 0 Å². The second-order valence-electron chi connectivity index (χ2n) is 4.89. The minimum Gasteiger partial charge on any atom is -0.309 e. The van der Waals surface area contributed by atoms with Crippen LogP contribution in [0.3, 0.4) is 0 Å². The highest BCUT2D eigenvalue weighted by atomic mass is 32.2. The fraction of sp³-hybridized carbons (Fsp3) is 0.176. The van der Waals surface area contributed by atoms with E-state index in [0.29, 0.717) is 0 Å². The Balaban J connectivity index is 1.68. The lowest BCUT2D eigenvalue weighted by molar-refractivity contribution is 0.749. The van der Waals surface area contributed by atoms with Crippen LogP contribution in [0.15, 0.2) is 65.8 Å². The number of benzene rings is 2. The van der Waals surface area contributed by atoms with Gasteiger partial charge in [0.1, 0.15) is 5.82 Å². The lowest BCUT2D eigenvalue weighted by Gasteiger charge is -2.04. The highest BCUT2D eigenvalue weighted by Gasteiger charge is 2.09. The molecule has 2 aromatic carbocycles. The Morgan fingerprint density at radius 3 is 2.14 bits per heavy atom. The number of rotatable bonds is 5. The molecule has 1 aromatic heterocycles. The average Bonchev–Trinajstić information content (AvgIpc) is 2.88. The predicted molar refractivity (Wildman–Crippen MR) is 86.3 cm³/mol. The summed E-state index contributed by atoms with van der Waals surface area (Å²) in [4.78, 5) is 0. The van der Waals surface area contributed by atoms with E-state index >= 15 is 0 Å². The molecule has 0 unspecified atom stereocenters. The molecule has 0 radical (unpaired) electrons. The van der Waals surface area contributed by atoms with E-state index in [9.17, 15) is 0 Å². The number of aromatic nitrogens is 3. The minimum atomic E-state index is 0.816. The summed E-state index contributed by atoms with van der Waals surface area (Å²) in [7, 11) is 2.03. The Kier molecular flexibility index (Phi) is 4.36. The number of thioether (sulfide) groups is 1. The highest BCUT2D eigenvalue weighted by Crippen LogP contribution is 2.21. The Bertz CT molecular complexity index is 693. The van der Waals surface area contributed by atoms with E-state index in [0.717, 1.165) is 23.2 Å². The molecule has 3 aromatic rings. The first kappa shape index (κ1) is 13.9. The van der Waals surface area contributed by atoms with Crippen LogP contribution < -0.4 is 0 Å².